The molecule has 0 bridgehead atoms. The van der Waals surface area contributed by atoms with Crippen molar-refractivity contribution in [1.29, 1.82) is 0 Å². The summed E-state index contributed by atoms with van der Waals surface area (Å²) < 4.78 is 6.44. The van der Waals surface area contributed by atoms with Gasteiger partial charge < -0.3 is 9.64 Å². The number of anilines is 1. The summed E-state index contributed by atoms with van der Waals surface area (Å²) in [5, 5.41) is 11.5. The number of nitro benzene ring substituents is 1. The van der Waals surface area contributed by atoms with Gasteiger partial charge in [0.2, 0.25) is 11.5 Å². The molecule has 2 heterocycles. The van der Waals surface area contributed by atoms with Crippen molar-refractivity contribution < 1.29 is 9.66 Å². The van der Waals surface area contributed by atoms with Crippen LogP contribution in [0.3, 0.4) is 0 Å². The Bertz CT molecular complexity index is 987. The van der Waals surface area contributed by atoms with E-state index in [9.17, 15) is 10.1 Å². The fourth-order valence-electron chi connectivity index (χ4n) is 4.04. The highest BCUT2D eigenvalue weighted by Gasteiger charge is 2.59. The second kappa shape index (κ2) is 5.37. The molecule has 1 spiro atoms. The number of para-hydroxylation sites is 2. The molecular weight excluding hydrogens is 328 g/mol. The number of hydrogen-bond donors (Lipinski definition) is 0. The van der Waals surface area contributed by atoms with Crippen molar-refractivity contribution in [2.24, 2.45) is 0 Å². The third-order valence-electron chi connectivity index (χ3n) is 5.38. The molecule has 0 aliphatic carbocycles. The minimum Gasteiger partial charge on any atom is -0.456 e. The molecule has 26 heavy (non-hydrogen) atoms. The Labute approximate surface area is 152 Å². The van der Waals surface area contributed by atoms with Gasteiger partial charge in [0.25, 0.3) is 0 Å². The Morgan fingerprint density at radius 2 is 2.00 bits per heavy atom. The number of ether oxygens (including phenoxy) is 1. The highest BCUT2D eigenvalue weighted by atomic mass is 16.6. The molecule has 2 aromatic carbocycles. The maximum absolute atomic E-state index is 11.5. The topological polar surface area (TPSA) is 55.6 Å². The Morgan fingerprint density at radius 3 is 2.73 bits per heavy atom. The van der Waals surface area contributed by atoms with Gasteiger partial charge in [-0.1, -0.05) is 36.3 Å². The Morgan fingerprint density at radius 1 is 1.23 bits per heavy atom. The lowest BCUT2D eigenvalue weighted by Crippen LogP contribution is -2.59. The van der Waals surface area contributed by atoms with Crippen molar-refractivity contribution >= 4 is 17.5 Å². The monoisotopic (exact) mass is 346 g/mol. The number of nitro groups is 1. The average Bonchev–Trinajstić information content (AvgIpc) is 2.81. The highest BCUT2D eigenvalue weighted by molar-refractivity contribution is 5.75. The van der Waals surface area contributed by atoms with Gasteiger partial charge in [-0.3, -0.25) is 10.1 Å². The predicted molar refractivity (Wildman–Crippen MR) is 101 cm³/mol. The van der Waals surface area contributed by atoms with E-state index in [1.807, 2.05) is 41.3 Å². The van der Waals surface area contributed by atoms with Gasteiger partial charge in [-0.15, -0.1) is 6.42 Å². The second-order valence-electron chi connectivity index (χ2n) is 7.02. The number of terminal acetylenes is 1. The van der Waals surface area contributed by atoms with Crippen molar-refractivity contribution in [3.63, 3.8) is 0 Å². The number of benzene rings is 2. The van der Waals surface area contributed by atoms with Crippen LogP contribution in [0.25, 0.3) is 6.08 Å². The zero-order valence-electron chi connectivity index (χ0n) is 14.6. The molecule has 4 rings (SSSR count). The van der Waals surface area contributed by atoms with Crippen LogP contribution in [0.4, 0.5) is 11.4 Å². The average molecular weight is 346 g/mol. The molecule has 0 fully saturated rings. The quantitative estimate of drug-likeness (QED) is 0.466. The van der Waals surface area contributed by atoms with Gasteiger partial charge in [0.15, 0.2) is 0 Å². The zero-order chi connectivity index (χ0) is 18.5. The molecule has 0 saturated heterocycles. The van der Waals surface area contributed by atoms with Crippen LogP contribution in [-0.4, -0.2) is 17.2 Å². The molecule has 0 saturated carbocycles. The Balaban J connectivity index is 1.95. The minimum atomic E-state index is -0.928. The normalized spacial score (nSPS) is 21.7. The minimum absolute atomic E-state index is 0.0429. The van der Waals surface area contributed by atoms with E-state index in [2.05, 4.69) is 25.8 Å². The van der Waals surface area contributed by atoms with Gasteiger partial charge in [-0.25, -0.2) is 0 Å². The van der Waals surface area contributed by atoms with E-state index in [1.165, 1.54) is 6.07 Å². The predicted octanol–water partition coefficient (Wildman–Crippen LogP) is 4.13. The molecule has 0 radical (unpaired) electrons. The van der Waals surface area contributed by atoms with Gasteiger partial charge >= 0.3 is 5.69 Å². The van der Waals surface area contributed by atoms with Crippen LogP contribution in [0.1, 0.15) is 25.0 Å². The summed E-state index contributed by atoms with van der Waals surface area (Å²) in [5.41, 5.74) is 1.35. The van der Waals surface area contributed by atoms with Gasteiger partial charge in [0.1, 0.15) is 0 Å². The molecule has 5 heteroatoms. The van der Waals surface area contributed by atoms with Crippen molar-refractivity contribution in [1.82, 2.24) is 0 Å². The van der Waals surface area contributed by atoms with E-state index in [-0.39, 0.29) is 11.4 Å². The van der Waals surface area contributed by atoms with E-state index in [4.69, 9.17) is 11.2 Å². The number of nitrogens with zero attached hydrogens (tertiary/aromatic N) is 2. The van der Waals surface area contributed by atoms with E-state index in [0.717, 1.165) is 11.3 Å². The number of rotatable bonds is 2. The van der Waals surface area contributed by atoms with Gasteiger partial charge in [0, 0.05) is 17.3 Å². The van der Waals surface area contributed by atoms with Crippen LogP contribution in [0, 0.1) is 22.5 Å². The highest BCUT2D eigenvalue weighted by Crippen LogP contribution is 2.55. The summed E-state index contributed by atoms with van der Waals surface area (Å²) in [4.78, 5) is 13.1. The lowest BCUT2D eigenvalue weighted by atomic mass is 9.76. The van der Waals surface area contributed by atoms with Gasteiger partial charge in [-0.05, 0) is 37.6 Å². The molecule has 0 N–H and O–H groups in total. The number of fused-ring (bicyclic) bond motifs is 2. The van der Waals surface area contributed by atoms with Crippen molar-refractivity contribution in [3.05, 3.63) is 69.8 Å². The van der Waals surface area contributed by atoms with Crippen molar-refractivity contribution in [3.8, 4) is 18.1 Å². The smallest absolute Gasteiger partial charge is 0.311 e. The molecule has 5 nitrogen and oxygen atoms in total. The second-order valence-corrected chi connectivity index (χ2v) is 7.02. The first-order valence-corrected chi connectivity index (χ1v) is 8.38. The maximum Gasteiger partial charge on any atom is 0.311 e. The molecule has 0 aromatic heterocycles. The summed E-state index contributed by atoms with van der Waals surface area (Å²) in [5.74, 6) is 2.98. The number of hydrogen-bond acceptors (Lipinski definition) is 4. The molecule has 0 amide bonds. The summed E-state index contributed by atoms with van der Waals surface area (Å²) in [6.07, 6.45) is 9.50. The van der Waals surface area contributed by atoms with Crippen LogP contribution in [0.5, 0.6) is 5.75 Å². The Hall–Kier alpha value is -3.26. The molecule has 2 aromatic rings. The maximum atomic E-state index is 11.5. The van der Waals surface area contributed by atoms with Gasteiger partial charge in [-0.2, -0.15) is 0 Å². The molecule has 2 aliphatic heterocycles. The summed E-state index contributed by atoms with van der Waals surface area (Å²) >= 11 is 0. The van der Waals surface area contributed by atoms with E-state index >= 15 is 0 Å². The molecule has 130 valence electrons. The lowest BCUT2D eigenvalue weighted by Gasteiger charge is -2.46. The fraction of sp³-hybridized carbons (Fsp3) is 0.238. The molecule has 2 aliphatic rings. The Kier molecular flexibility index (Phi) is 3.35. The van der Waals surface area contributed by atoms with Crippen molar-refractivity contribution in [2.75, 3.05) is 11.4 Å². The summed E-state index contributed by atoms with van der Waals surface area (Å²) in [6.45, 7) is 4.49. The van der Waals surface area contributed by atoms with Crippen LogP contribution in [0.2, 0.25) is 0 Å². The third kappa shape index (κ3) is 1.93. The summed E-state index contributed by atoms with van der Waals surface area (Å²) in [7, 11) is 0. The largest absolute Gasteiger partial charge is 0.456 e. The fourth-order valence-corrected chi connectivity index (χ4v) is 4.04. The van der Waals surface area contributed by atoms with Crippen LogP contribution in [0.15, 0.2) is 48.5 Å². The SMILES string of the molecule is C#CCN1c2ccccc2C(C)(C)C12C=Cc1cccc([N+](=O)[O-])c1O2. The third-order valence-corrected chi connectivity index (χ3v) is 5.38. The van der Waals surface area contributed by atoms with Crippen molar-refractivity contribution in [2.45, 2.75) is 25.0 Å². The standard InChI is InChI=1S/C21H18N2O3/c1-4-14-22-17-10-6-5-9-16(17)20(2,3)21(22)13-12-15-8-7-11-18(23(24)25)19(15)26-21/h1,5-13H,14H2,2-3H3. The lowest BCUT2D eigenvalue weighted by molar-refractivity contribution is -0.386. The van der Waals surface area contributed by atoms with Crippen LogP contribution < -0.4 is 9.64 Å². The first-order valence-electron chi connectivity index (χ1n) is 8.38. The first-order chi connectivity index (χ1) is 12.4. The van der Waals surface area contributed by atoms with Crippen LogP contribution in [-0.2, 0) is 5.41 Å². The molecule has 1 unspecified atom stereocenters. The van der Waals surface area contributed by atoms with Gasteiger partial charge in [0.05, 0.1) is 16.9 Å². The first kappa shape index (κ1) is 16.2. The van der Waals surface area contributed by atoms with E-state index < -0.39 is 16.1 Å². The van der Waals surface area contributed by atoms with E-state index in [0.29, 0.717) is 12.1 Å². The van der Waals surface area contributed by atoms with Crippen LogP contribution >= 0.6 is 0 Å². The van der Waals surface area contributed by atoms with E-state index in [1.54, 1.807) is 6.07 Å². The molecule has 1 atom stereocenters. The molecular formula is C21H18N2O3. The zero-order valence-corrected chi connectivity index (χ0v) is 14.6. The summed E-state index contributed by atoms with van der Waals surface area (Å²) in [6, 6.07) is 12.9.